The molecule has 0 aliphatic heterocycles. The van der Waals surface area contributed by atoms with Crippen LogP contribution in [0.25, 0.3) is 10.4 Å². The zero-order valence-corrected chi connectivity index (χ0v) is 9.75. The van der Waals surface area contributed by atoms with E-state index in [0.29, 0.717) is 0 Å². The number of carboxylic acids is 1. The van der Waals surface area contributed by atoms with Gasteiger partial charge in [0.05, 0.1) is 4.88 Å². The number of carbonyl (C=O) groups is 1. The first-order chi connectivity index (χ1) is 7.16. The second kappa shape index (κ2) is 5.26. The molecule has 0 unspecified atom stereocenters. The van der Waals surface area contributed by atoms with Gasteiger partial charge in [-0.15, -0.1) is 11.3 Å². The second-order valence-corrected chi connectivity index (χ2v) is 4.03. The summed E-state index contributed by atoms with van der Waals surface area (Å²) in [6, 6.07) is 3.70. The van der Waals surface area contributed by atoms with Crippen LogP contribution < -0.4 is 24.0 Å². The molecule has 16 heavy (non-hydrogen) atoms. The smallest absolute Gasteiger partial charge is 0.542 e. The number of aromatic nitrogens is 2. The van der Waals surface area contributed by atoms with Crippen LogP contribution in [0, 0.1) is 6.92 Å². The number of nitrogens with zero attached hydrogens (tertiary/aromatic N) is 2. The molecule has 4 nitrogen and oxygen atoms in total. The van der Waals surface area contributed by atoms with Crippen LogP contribution in [0.4, 0.5) is 0 Å². The van der Waals surface area contributed by atoms with Gasteiger partial charge < -0.3 is 9.90 Å². The molecule has 0 bridgehead atoms. The molecule has 0 saturated carbocycles. The molecule has 2 aromatic heterocycles. The molecular formula is C10H7LiN2O2S. The van der Waals surface area contributed by atoms with Gasteiger partial charge in [0, 0.05) is 18.1 Å². The van der Waals surface area contributed by atoms with Gasteiger partial charge in [-0.25, -0.2) is 4.98 Å². The molecule has 0 radical (unpaired) electrons. The normalized spacial score (nSPS) is 9.56. The molecule has 2 rings (SSSR count). The fourth-order valence-electron chi connectivity index (χ4n) is 1.20. The van der Waals surface area contributed by atoms with Gasteiger partial charge >= 0.3 is 18.9 Å². The first-order valence-corrected chi connectivity index (χ1v) is 5.08. The van der Waals surface area contributed by atoms with Gasteiger partial charge in [-0.1, -0.05) is 0 Å². The maximum absolute atomic E-state index is 10.5. The number of carboxylic acid groups (broad SMARTS) is 1. The van der Waals surface area contributed by atoms with Crippen molar-refractivity contribution in [3.63, 3.8) is 0 Å². The van der Waals surface area contributed by atoms with Gasteiger partial charge in [0.2, 0.25) is 0 Å². The third-order valence-corrected chi connectivity index (χ3v) is 2.89. The van der Waals surface area contributed by atoms with Crippen LogP contribution in [0.5, 0.6) is 0 Å². The summed E-state index contributed by atoms with van der Waals surface area (Å²) in [5.41, 5.74) is 1.81. The van der Waals surface area contributed by atoms with Gasteiger partial charge in [0.15, 0.2) is 0 Å². The van der Waals surface area contributed by atoms with Crippen molar-refractivity contribution in [3.8, 4) is 10.4 Å². The minimum Gasteiger partial charge on any atom is -0.542 e. The van der Waals surface area contributed by atoms with E-state index in [2.05, 4.69) is 9.97 Å². The maximum Gasteiger partial charge on any atom is 1.00 e. The third kappa shape index (κ3) is 2.70. The average Bonchev–Trinajstić information content (AvgIpc) is 2.66. The number of hydrogen-bond acceptors (Lipinski definition) is 5. The number of aromatic carboxylic acids is 1. The van der Waals surface area contributed by atoms with Crippen LogP contribution in [-0.4, -0.2) is 15.9 Å². The van der Waals surface area contributed by atoms with E-state index < -0.39 is 5.97 Å². The zero-order valence-electron chi connectivity index (χ0n) is 8.93. The molecule has 0 N–H and O–H groups in total. The number of hydrogen-bond donors (Lipinski definition) is 0. The molecule has 0 saturated heterocycles. The van der Waals surface area contributed by atoms with Crippen molar-refractivity contribution in [3.05, 3.63) is 35.2 Å². The van der Waals surface area contributed by atoms with E-state index in [0.717, 1.165) is 27.5 Å². The minimum atomic E-state index is -1.24. The Kier molecular flexibility index (Phi) is 4.24. The van der Waals surface area contributed by atoms with Crippen LogP contribution in [-0.2, 0) is 0 Å². The summed E-state index contributed by atoms with van der Waals surface area (Å²) in [6.07, 6.45) is 3.22. The maximum atomic E-state index is 10.5. The number of carbonyl (C=O) groups excluding carboxylic acids is 1. The van der Waals surface area contributed by atoms with Crippen molar-refractivity contribution in [2.75, 3.05) is 0 Å². The van der Waals surface area contributed by atoms with Gasteiger partial charge in [0.25, 0.3) is 0 Å². The quantitative estimate of drug-likeness (QED) is 0.549. The van der Waals surface area contributed by atoms with Crippen molar-refractivity contribution in [1.82, 2.24) is 9.97 Å². The fourth-order valence-corrected chi connectivity index (χ4v) is 1.95. The predicted octanol–water partition coefficient (Wildman–Crippen LogP) is -2.12. The van der Waals surface area contributed by atoms with Crippen molar-refractivity contribution in [2.45, 2.75) is 6.92 Å². The number of aryl methyl sites for hydroxylation is 1. The Morgan fingerprint density at radius 1 is 1.44 bits per heavy atom. The molecular weight excluding hydrogens is 219 g/mol. The number of rotatable bonds is 2. The standard InChI is InChI=1S/C10H8N2O2S.Li/c1-6-4-7(2-3-11-6)8-5-12-9(15-8)10(13)14;/h2-5H,1H3,(H,13,14);/q;+1/p-1. The Morgan fingerprint density at radius 2 is 2.19 bits per heavy atom. The second-order valence-electron chi connectivity index (χ2n) is 3.00. The van der Waals surface area contributed by atoms with Crippen molar-refractivity contribution >= 4 is 17.3 Å². The number of thiazole rings is 1. The Morgan fingerprint density at radius 3 is 2.75 bits per heavy atom. The molecule has 76 valence electrons. The van der Waals surface area contributed by atoms with Crippen molar-refractivity contribution < 1.29 is 28.8 Å². The monoisotopic (exact) mass is 226 g/mol. The van der Waals surface area contributed by atoms with Gasteiger partial charge in [-0.3, -0.25) is 4.98 Å². The van der Waals surface area contributed by atoms with Crippen LogP contribution in [0.1, 0.15) is 15.5 Å². The summed E-state index contributed by atoms with van der Waals surface area (Å²) < 4.78 is 0. The van der Waals surface area contributed by atoms with E-state index in [1.807, 2.05) is 19.1 Å². The van der Waals surface area contributed by atoms with E-state index >= 15 is 0 Å². The molecule has 0 amide bonds. The molecule has 6 heteroatoms. The first kappa shape index (κ1) is 12.9. The Hall–Kier alpha value is -1.15. The topological polar surface area (TPSA) is 65.9 Å². The van der Waals surface area contributed by atoms with E-state index in [9.17, 15) is 9.90 Å². The minimum absolute atomic E-state index is 0. The predicted molar refractivity (Wildman–Crippen MR) is 54.4 cm³/mol. The van der Waals surface area contributed by atoms with Crippen LogP contribution in [0.3, 0.4) is 0 Å². The zero-order chi connectivity index (χ0) is 10.8. The number of pyridine rings is 1. The summed E-state index contributed by atoms with van der Waals surface area (Å²) >= 11 is 1.10. The average molecular weight is 226 g/mol. The summed E-state index contributed by atoms with van der Waals surface area (Å²) in [7, 11) is 0. The SMILES string of the molecule is Cc1cc(-c2cnc(C(=O)[O-])s2)ccn1.[Li+]. The van der Waals surface area contributed by atoms with Crippen molar-refractivity contribution in [1.29, 1.82) is 0 Å². The molecule has 2 heterocycles. The molecule has 0 aromatic carbocycles. The van der Waals surface area contributed by atoms with Crippen LogP contribution >= 0.6 is 11.3 Å². The van der Waals surface area contributed by atoms with Crippen molar-refractivity contribution in [2.24, 2.45) is 0 Å². The fraction of sp³-hybridized carbons (Fsp3) is 0.100. The molecule has 0 aliphatic carbocycles. The summed E-state index contributed by atoms with van der Waals surface area (Å²) in [5.74, 6) is -1.24. The van der Waals surface area contributed by atoms with Crippen LogP contribution in [0.15, 0.2) is 24.5 Å². The Bertz CT molecular complexity index is 513. The molecule has 0 fully saturated rings. The van der Waals surface area contributed by atoms with E-state index in [-0.39, 0.29) is 23.9 Å². The summed E-state index contributed by atoms with van der Waals surface area (Å²) in [5, 5.41) is 10.5. The summed E-state index contributed by atoms with van der Waals surface area (Å²) in [6.45, 7) is 1.88. The van der Waals surface area contributed by atoms with E-state index in [1.54, 1.807) is 6.20 Å². The largest absolute Gasteiger partial charge is 1.00 e. The Balaban J connectivity index is 0.00000128. The summed E-state index contributed by atoms with van der Waals surface area (Å²) in [4.78, 5) is 19.2. The molecule has 2 aromatic rings. The molecule has 0 aliphatic rings. The molecule has 0 spiro atoms. The first-order valence-electron chi connectivity index (χ1n) is 4.27. The van der Waals surface area contributed by atoms with E-state index in [4.69, 9.17) is 0 Å². The van der Waals surface area contributed by atoms with Crippen LogP contribution in [0.2, 0.25) is 0 Å². The van der Waals surface area contributed by atoms with Gasteiger partial charge in [-0.05, 0) is 24.6 Å². The van der Waals surface area contributed by atoms with E-state index in [1.165, 1.54) is 6.20 Å². The van der Waals surface area contributed by atoms with Gasteiger partial charge in [0.1, 0.15) is 11.0 Å². The third-order valence-electron chi connectivity index (χ3n) is 1.86. The molecule has 0 atom stereocenters. The van der Waals surface area contributed by atoms with Gasteiger partial charge in [-0.2, -0.15) is 0 Å². The Labute approximate surface area is 109 Å².